The van der Waals surface area contributed by atoms with E-state index in [-0.39, 0.29) is 0 Å². The third kappa shape index (κ3) is 1.72. The lowest BCUT2D eigenvalue weighted by molar-refractivity contribution is 0.846. The first kappa shape index (κ1) is 9.09. The molecule has 0 bridgehead atoms. The van der Waals surface area contributed by atoms with Gasteiger partial charge < -0.3 is 4.57 Å². The molecular weight excluding hydrogens is 192 g/mol. The molecule has 0 spiro atoms. The molecule has 1 heterocycles. The molecule has 2 aromatic rings. The number of nitrogens with zero attached hydrogens (tertiary/aromatic N) is 2. The lowest BCUT2D eigenvalue weighted by Crippen LogP contribution is -1.95. The maximum atomic E-state index is 5.01. The fraction of sp³-hybridized carbons (Fsp3) is 0.0909. The van der Waals surface area contributed by atoms with Crippen LogP contribution in [0.2, 0.25) is 0 Å². The molecule has 70 valence electrons. The highest BCUT2D eigenvalue weighted by Crippen LogP contribution is 2.16. The summed E-state index contributed by atoms with van der Waals surface area (Å²) in [7, 11) is 1.90. The molecule has 1 aromatic heterocycles. The van der Waals surface area contributed by atoms with Gasteiger partial charge in [-0.1, -0.05) is 30.3 Å². The van der Waals surface area contributed by atoms with Gasteiger partial charge >= 0.3 is 0 Å². The van der Waals surface area contributed by atoms with Crippen molar-refractivity contribution in [1.82, 2.24) is 9.55 Å². The molecule has 3 heteroatoms. The number of hydrogen-bond acceptors (Lipinski definition) is 2. The molecule has 0 aliphatic heterocycles. The van der Waals surface area contributed by atoms with Gasteiger partial charge in [0.2, 0.25) is 0 Å². The summed E-state index contributed by atoms with van der Waals surface area (Å²) in [6.07, 6.45) is 3.79. The van der Waals surface area contributed by atoms with Gasteiger partial charge in [0.15, 0.2) is 4.77 Å². The summed E-state index contributed by atoms with van der Waals surface area (Å²) in [5, 5.41) is 0. The molecule has 0 unspecified atom stereocenters. The minimum Gasteiger partial charge on any atom is -0.326 e. The zero-order valence-electron chi connectivity index (χ0n) is 7.84. The van der Waals surface area contributed by atoms with Crippen molar-refractivity contribution < 1.29 is 0 Å². The first-order valence-electron chi connectivity index (χ1n) is 4.35. The van der Waals surface area contributed by atoms with Crippen LogP contribution in [0.15, 0.2) is 42.7 Å². The van der Waals surface area contributed by atoms with Crippen LogP contribution in [0.25, 0.3) is 11.1 Å². The van der Waals surface area contributed by atoms with E-state index in [1.165, 1.54) is 0 Å². The first-order valence-corrected chi connectivity index (χ1v) is 4.76. The van der Waals surface area contributed by atoms with Gasteiger partial charge in [-0.05, 0) is 17.8 Å². The molecule has 0 aliphatic rings. The van der Waals surface area contributed by atoms with Gasteiger partial charge in [0.05, 0.1) is 0 Å². The summed E-state index contributed by atoms with van der Waals surface area (Å²) in [4.78, 5) is 4.13. The van der Waals surface area contributed by atoms with Crippen molar-refractivity contribution in [3.05, 3.63) is 47.5 Å². The second-order valence-corrected chi connectivity index (χ2v) is 3.47. The van der Waals surface area contributed by atoms with Crippen molar-refractivity contribution in [1.29, 1.82) is 0 Å². The lowest BCUT2D eigenvalue weighted by Gasteiger charge is -2.03. The van der Waals surface area contributed by atoms with E-state index in [2.05, 4.69) is 17.1 Å². The van der Waals surface area contributed by atoms with Crippen LogP contribution in [0.5, 0.6) is 0 Å². The van der Waals surface area contributed by atoms with Crippen molar-refractivity contribution in [3.63, 3.8) is 0 Å². The number of benzene rings is 1. The van der Waals surface area contributed by atoms with Gasteiger partial charge in [-0.15, -0.1) is 0 Å². The number of hydrogen-bond donors (Lipinski definition) is 0. The maximum absolute atomic E-state index is 5.01. The normalized spacial score (nSPS) is 10.1. The largest absolute Gasteiger partial charge is 0.326 e. The first-order chi connectivity index (χ1) is 6.77. The average molecular weight is 202 g/mol. The van der Waals surface area contributed by atoms with E-state index in [9.17, 15) is 0 Å². The maximum Gasteiger partial charge on any atom is 0.199 e. The molecule has 2 rings (SSSR count). The molecule has 0 aliphatic carbocycles. The Morgan fingerprint density at radius 2 is 1.86 bits per heavy atom. The van der Waals surface area contributed by atoms with Crippen LogP contribution in [0.4, 0.5) is 0 Å². The summed E-state index contributed by atoms with van der Waals surface area (Å²) >= 11 is 5.01. The Hall–Kier alpha value is -1.48. The van der Waals surface area contributed by atoms with Gasteiger partial charge in [-0.25, -0.2) is 4.98 Å². The summed E-state index contributed by atoms with van der Waals surface area (Å²) in [6, 6.07) is 10.1. The van der Waals surface area contributed by atoms with Crippen molar-refractivity contribution in [2.24, 2.45) is 7.05 Å². The third-order valence-electron chi connectivity index (χ3n) is 2.06. The zero-order valence-corrected chi connectivity index (χ0v) is 8.66. The van der Waals surface area contributed by atoms with Crippen molar-refractivity contribution in [2.75, 3.05) is 0 Å². The van der Waals surface area contributed by atoms with Gasteiger partial charge in [0, 0.05) is 25.0 Å². The van der Waals surface area contributed by atoms with Gasteiger partial charge in [0.25, 0.3) is 0 Å². The van der Waals surface area contributed by atoms with Crippen molar-refractivity contribution >= 4 is 12.2 Å². The Kier molecular flexibility index (Phi) is 2.41. The smallest absolute Gasteiger partial charge is 0.199 e. The van der Waals surface area contributed by atoms with Crippen LogP contribution in [0.1, 0.15) is 0 Å². The summed E-state index contributed by atoms with van der Waals surface area (Å²) in [5.41, 5.74) is 2.24. The Morgan fingerprint density at radius 1 is 1.14 bits per heavy atom. The summed E-state index contributed by atoms with van der Waals surface area (Å²) < 4.78 is 2.45. The Balaban J connectivity index is 2.54. The predicted octanol–water partition coefficient (Wildman–Crippen LogP) is 2.82. The minimum atomic E-state index is 0.602. The van der Waals surface area contributed by atoms with Gasteiger partial charge in [-0.2, -0.15) is 0 Å². The molecular formula is C11H10N2S. The Bertz CT molecular complexity index is 488. The molecule has 0 radical (unpaired) electrons. The average Bonchev–Trinajstić information content (AvgIpc) is 2.23. The van der Waals surface area contributed by atoms with E-state index in [0.717, 1.165) is 11.1 Å². The molecule has 0 saturated heterocycles. The van der Waals surface area contributed by atoms with Crippen LogP contribution in [0.3, 0.4) is 0 Å². The van der Waals surface area contributed by atoms with Crippen LogP contribution < -0.4 is 0 Å². The molecule has 0 N–H and O–H groups in total. The quantitative estimate of drug-likeness (QED) is 0.662. The molecule has 0 amide bonds. The summed E-state index contributed by atoms with van der Waals surface area (Å²) in [6.45, 7) is 0. The van der Waals surface area contributed by atoms with Gasteiger partial charge in [-0.3, -0.25) is 0 Å². The van der Waals surface area contributed by atoms with Crippen LogP contribution in [-0.4, -0.2) is 9.55 Å². The van der Waals surface area contributed by atoms with Crippen molar-refractivity contribution in [3.8, 4) is 11.1 Å². The summed E-state index contributed by atoms with van der Waals surface area (Å²) in [5.74, 6) is 0. The second kappa shape index (κ2) is 3.72. The van der Waals surface area contributed by atoms with Crippen molar-refractivity contribution in [2.45, 2.75) is 0 Å². The van der Waals surface area contributed by atoms with E-state index >= 15 is 0 Å². The molecule has 0 atom stereocenters. The van der Waals surface area contributed by atoms with Gasteiger partial charge in [0.1, 0.15) is 0 Å². The van der Waals surface area contributed by atoms with Crippen LogP contribution >= 0.6 is 12.2 Å². The molecule has 14 heavy (non-hydrogen) atoms. The van der Waals surface area contributed by atoms with E-state index in [0.29, 0.717) is 4.77 Å². The highest BCUT2D eigenvalue weighted by atomic mass is 32.1. The number of rotatable bonds is 1. The Morgan fingerprint density at radius 3 is 2.50 bits per heavy atom. The SMILES string of the molecule is Cn1cc(-c2ccccc2)cnc1=S. The number of aryl methyl sites for hydroxylation is 1. The predicted molar refractivity (Wildman–Crippen MR) is 59.5 cm³/mol. The second-order valence-electron chi connectivity index (χ2n) is 3.10. The molecule has 1 aromatic carbocycles. The molecule has 0 fully saturated rings. The topological polar surface area (TPSA) is 17.8 Å². The zero-order chi connectivity index (χ0) is 9.97. The van der Waals surface area contributed by atoms with E-state index in [1.807, 2.05) is 36.0 Å². The minimum absolute atomic E-state index is 0.602. The van der Waals surface area contributed by atoms with E-state index < -0.39 is 0 Å². The van der Waals surface area contributed by atoms with Crippen LogP contribution in [-0.2, 0) is 7.05 Å². The molecule has 2 nitrogen and oxygen atoms in total. The lowest BCUT2D eigenvalue weighted by atomic mass is 10.1. The highest BCUT2D eigenvalue weighted by Gasteiger charge is 1.96. The third-order valence-corrected chi connectivity index (χ3v) is 2.45. The number of aromatic nitrogens is 2. The monoisotopic (exact) mass is 202 g/mol. The van der Waals surface area contributed by atoms with E-state index in [1.54, 1.807) is 6.20 Å². The molecule has 0 saturated carbocycles. The van der Waals surface area contributed by atoms with Crippen LogP contribution in [0, 0.1) is 4.77 Å². The standard InChI is InChI=1S/C11H10N2S/c1-13-8-10(7-12-11(13)14)9-5-3-2-4-6-9/h2-8H,1H3. The Labute approximate surface area is 87.9 Å². The highest BCUT2D eigenvalue weighted by molar-refractivity contribution is 7.71. The fourth-order valence-corrected chi connectivity index (χ4v) is 1.40. The van der Waals surface area contributed by atoms with E-state index in [4.69, 9.17) is 12.2 Å². The fourth-order valence-electron chi connectivity index (χ4n) is 1.29.